The van der Waals surface area contributed by atoms with E-state index in [1.807, 2.05) is 13.8 Å². The van der Waals surface area contributed by atoms with Crippen molar-refractivity contribution in [3.8, 4) is 0 Å². The topological polar surface area (TPSA) is 89.0 Å². The number of aryl methyl sites for hydroxylation is 1. The molecule has 6 nitrogen and oxygen atoms in total. The van der Waals surface area contributed by atoms with Crippen LogP contribution in [0.5, 0.6) is 0 Å². The highest BCUT2D eigenvalue weighted by Crippen LogP contribution is 2.35. The van der Waals surface area contributed by atoms with E-state index < -0.39 is 10.0 Å². The SMILES string of the molecule is Cc1nc(NS(C)(=O)=O)nc2c1C(=O)CC(C)(C)C2. The minimum absolute atomic E-state index is 0.0228. The average molecular weight is 283 g/mol. The van der Waals surface area contributed by atoms with E-state index in [4.69, 9.17) is 0 Å². The molecule has 0 aromatic carbocycles. The second-order valence-corrected chi connectivity index (χ2v) is 7.52. The lowest BCUT2D eigenvalue weighted by Gasteiger charge is -2.30. The molecule has 0 radical (unpaired) electrons. The Kier molecular flexibility index (Phi) is 3.12. The average Bonchev–Trinajstić information content (AvgIpc) is 2.09. The van der Waals surface area contributed by atoms with Crippen LogP contribution in [0.25, 0.3) is 0 Å². The van der Waals surface area contributed by atoms with Gasteiger partial charge in [0.1, 0.15) is 0 Å². The van der Waals surface area contributed by atoms with Crippen molar-refractivity contribution < 1.29 is 13.2 Å². The molecule has 0 saturated heterocycles. The molecule has 0 atom stereocenters. The third-order valence-corrected chi connectivity index (χ3v) is 3.56. The van der Waals surface area contributed by atoms with Crippen molar-refractivity contribution in [2.75, 3.05) is 11.0 Å². The Balaban J connectivity index is 2.51. The molecule has 0 bridgehead atoms. The van der Waals surface area contributed by atoms with Crippen LogP contribution in [0.3, 0.4) is 0 Å². The smallest absolute Gasteiger partial charge is 0.237 e. The summed E-state index contributed by atoms with van der Waals surface area (Å²) in [5, 5.41) is 0. The first kappa shape index (κ1) is 13.9. The van der Waals surface area contributed by atoms with Gasteiger partial charge in [-0.15, -0.1) is 0 Å². The molecule has 1 aliphatic rings. The molecule has 104 valence electrons. The lowest BCUT2D eigenvalue weighted by Crippen LogP contribution is -2.29. The number of carbonyl (C=O) groups is 1. The van der Waals surface area contributed by atoms with Gasteiger partial charge in [-0.3, -0.25) is 9.52 Å². The van der Waals surface area contributed by atoms with E-state index in [2.05, 4.69) is 14.7 Å². The van der Waals surface area contributed by atoms with Crippen LogP contribution in [0.1, 0.15) is 42.0 Å². The van der Waals surface area contributed by atoms with Gasteiger partial charge in [0.15, 0.2) is 5.78 Å². The summed E-state index contributed by atoms with van der Waals surface area (Å²) in [6.07, 6.45) is 2.14. The van der Waals surface area contributed by atoms with Crippen LogP contribution in [0, 0.1) is 12.3 Å². The van der Waals surface area contributed by atoms with Crippen molar-refractivity contribution in [3.63, 3.8) is 0 Å². The van der Waals surface area contributed by atoms with Gasteiger partial charge in [0.05, 0.1) is 23.2 Å². The van der Waals surface area contributed by atoms with Crippen LogP contribution < -0.4 is 4.72 Å². The fourth-order valence-corrected chi connectivity index (χ4v) is 2.80. The zero-order valence-electron chi connectivity index (χ0n) is 11.4. The summed E-state index contributed by atoms with van der Waals surface area (Å²) in [5.74, 6) is 0.0545. The first-order chi connectivity index (χ1) is 8.57. The first-order valence-corrected chi connectivity index (χ1v) is 7.85. The molecule has 0 spiro atoms. The number of fused-ring (bicyclic) bond motifs is 1. The summed E-state index contributed by atoms with van der Waals surface area (Å²) in [5.41, 5.74) is 1.53. The molecular formula is C12H17N3O3S. The molecule has 0 amide bonds. The molecule has 19 heavy (non-hydrogen) atoms. The standard InChI is InChI=1S/C12H17N3O3S/c1-7-10-8(5-12(2,3)6-9(10)16)14-11(13-7)15-19(4,17)18/h5-6H2,1-4H3,(H,13,14,15). The fourth-order valence-electron chi connectivity index (χ4n) is 2.37. The number of Topliss-reactive ketones (excluding diaryl/α,β-unsaturated/α-hetero) is 1. The molecule has 1 aliphatic carbocycles. The third-order valence-electron chi connectivity index (χ3n) is 3.01. The zero-order valence-corrected chi connectivity index (χ0v) is 12.3. The lowest BCUT2D eigenvalue weighted by atomic mass is 9.75. The number of hydrogen-bond donors (Lipinski definition) is 1. The van der Waals surface area contributed by atoms with Crippen molar-refractivity contribution in [2.45, 2.75) is 33.6 Å². The van der Waals surface area contributed by atoms with Gasteiger partial charge in [0.25, 0.3) is 0 Å². The second-order valence-electron chi connectivity index (χ2n) is 5.77. The Labute approximate surface area is 112 Å². The van der Waals surface area contributed by atoms with Crippen molar-refractivity contribution in [3.05, 3.63) is 17.0 Å². The molecule has 1 N–H and O–H groups in total. The number of hydrogen-bond acceptors (Lipinski definition) is 5. The second kappa shape index (κ2) is 4.26. The molecule has 0 saturated carbocycles. The summed E-state index contributed by atoms with van der Waals surface area (Å²) in [7, 11) is -3.42. The predicted molar refractivity (Wildman–Crippen MR) is 71.7 cm³/mol. The van der Waals surface area contributed by atoms with E-state index in [0.29, 0.717) is 29.8 Å². The molecule has 1 aromatic heterocycles. The molecule has 0 aliphatic heterocycles. The predicted octanol–water partition coefficient (Wildman–Crippen LogP) is 1.31. The van der Waals surface area contributed by atoms with Gasteiger partial charge in [0.2, 0.25) is 16.0 Å². The number of anilines is 1. The Morgan fingerprint density at radius 2 is 1.84 bits per heavy atom. The number of sulfonamides is 1. The summed E-state index contributed by atoms with van der Waals surface area (Å²) in [6.45, 7) is 5.69. The minimum atomic E-state index is -3.42. The van der Waals surface area contributed by atoms with Crippen LogP contribution in [-0.2, 0) is 16.4 Å². The van der Waals surface area contributed by atoms with Crippen molar-refractivity contribution in [2.24, 2.45) is 5.41 Å². The minimum Gasteiger partial charge on any atom is -0.294 e. The van der Waals surface area contributed by atoms with Gasteiger partial charge in [-0.05, 0) is 18.8 Å². The molecule has 2 rings (SSSR count). The van der Waals surface area contributed by atoms with E-state index >= 15 is 0 Å². The number of rotatable bonds is 2. The Bertz CT molecular complexity index is 650. The van der Waals surface area contributed by atoms with E-state index in [1.165, 1.54) is 0 Å². The molecule has 1 aromatic rings. The van der Waals surface area contributed by atoms with Gasteiger partial charge < -0.3 is 0 Å². The van der Waals surface area contributed by atoms with Crippen LogP contribution in [0.15, 0.2) is 0 Å². The highest BCUT2D eigenvalue weighted by molar-refractivity contribution is 7.91. The van der Waals surface area contributed by atoms with Gasteiger partial charge in [-0.1, -0.05) is 13.8 Å². The summed E-state index contributed by atoms with van der Waals surface area (Å²) in [4.78, 5) is 20.3. The first-order valence-electron chi connectivity index (χ1n) is 5.96. The highest BCUT2D eigenvalue weighted by Gasteiger charge is 2.33. The van der Waals surface area contributed by atoms with Crippen molar-refractivity contribution >= 4 is 21.8 Å². The van der Waals surface area contributed by atoms with Crippen LogP contribution >= 0.6 is 0 Å². The number of carbonyl (C=O) groups excluding carboxylic acids is 1. The van der Waals surface area contributed by atoms with E-state index in [1.54, 1.807) is 6.92 Å². The Hall–Kier alpha value is -1.50. The maximum absolute atomic E-state index is 12.1. The monoisotopic (exact) mass is 283 g/mol. The van der Waals surface area contributed by atoms with Crippen molar-refractivity contribution in [1.82, 2.24) is 9.97 Å². The van der Waals surface area contributed by atoms with E-state index in [-0.39, 0.29) is 17.1 Å². The Morgan fingerprint density at radius 1 is 1.21 bits per heavy atom. The molecule has 0 fully saturated rings. The van der Waals surface area contributed by atoms with Gasteiger partial charge in [-0.25, -0.2) is 18.4 Å². The summed E-state index contributed by atoms with van der Waals surface area (Å²) in [6, 6.07) is 0. The molecule has 7 heteroatoms. The zero-order chi connectivity index (χ0) is 14.4. The fraction of sp³-hybridized carbons (Fsp3) is 0.583. The molecule has 0 unspecified atom stereocenters. The highest BCUT2D eigenvalue weighted by atomic mass is 32.2. The normalized spacial score (nSPS) is 18.0. The Morgan fingerprint density at radius 3 is 2.42 bits per heavy atom. The number of nitrogens with one attached hydrogen (secondary N) is 1. The number of aromatic nitrogens is 2. The molecule has 1 heterocycles. The number of ketones is 1. The summed E-state index contributed by atoms with van der Waals surface area (Å²) < 4.78 is 24.7. The van der Waals surface area contributed by atoms with Crippen LogP contribution in [0.2, 0.25) is 0 Å². The molecular weight excluding hydrogens is 266 g/mol. The maximum atomic E-state index is 12.1. The number of nitrogens with zero attached hydrogens (tertiary/aromatic N) is 2. The quantitative estimate of drug-likeness (QED) is 0.884. The van der Waals surface area contributed by atoms with Crippen LogP contribution in [-0.4, -0.2) is 30.4 Å². The van der Waals surface area contributed by atoms with Gasteiger partial charge >= 0.3 is 0 Å². The van der Waals surface area contributed by atoms with E-state index in [9.17, 15) is 13.2 Å². The van der Waals surface area contributed by atoms with Gasteiger partial charge in [0, 0.05) is 6.42 Å². The third kappa shape index (κ3) is 3.09. The maximum Gasteiger partial charge on any atom is 0.237 e. The lowest BCUT2D eigenvalue weighted by molar-refractivity contribution is 0.0909. The van der Waals surface area contributed by atoms with Gasteiger partial charge in [-0.2, -0.15) is 0 Å². The summed E-state index contributed by atoms with van der Waals surface area (Å²) >= 11 is 0. The van der Waals surface area contributed by atoms with E-state index in [0.717, 1.165) is 6.26 Å². The van der Waals surface area contributed by atoms with Crippen molar-refractivity contribution in [1.29, 1.82) is 0 Å². The van der Waals surface area contributed by atoms with Crippen LogP contribution in [0.4, 0.5) is 5.95 Å². The largest absolute Gasteiger partial charge is 0.294 e.